The van der Waals surface area contributed by atoms with Crippen molar-refractivity contribution in [3.8, 4) is 5.75 Å². The van der Waals surface area contributed by atoms with E-state index in [-0.39, 0.29) is 49.0 Å². The number of hydrogen-bond donors (Lipinski definition) is 2. The topological polar surface area (TPSA) is 149 Å². The number of nitrogen functional groups attached to an aromatic ring is 1. The molecular formula is C27H29N3O7. The maximum atomic E-state index is 13.1. The number of esters is 3. The van der Waals surface area contributed by atoms with Crippen molar-refractivity contribution in [2.24, 2.45) is 5.73 Å². The van der Waals surface area contributed by atoms with Gasteiger partial charge in [0.25, 0.3) is 5.91 Å². The first-order chi connectivity index (χ1) is 17.7. The Hall–Kier alpha value is -4.73. The molecular weight excluding hydrogens is 478 g/mol. The summed E-state index contributed by atoms with van der Waals surface area (Å²) in [5.41, 5.74) is 6.28. The molecule has 0 fully saturated rings. The molecule has 10 heteroatoms. The van der Waals surface area contributed by atoms with Crippen molar-refractivity contribution >= 4 is 35.7 Å². The second kappa shape index (κ2) is 14.0. The SMILES string of the molecule is C=CCN(CC(=O)OCC)C(=O)/C(=C\c1ccc(C(=O)Oc2ccc(C(=N)N)cc2)cc1)C(=O)OCC. The van der Waals surface area contributed by atoms with Crippen LogP contribution in [0, 0.1) is 5.41 Å². The van der Waals surface area contributed by atoms with Crippen LogP contribution >= 0.6 is 0 Å². The lowest BCUT2D eigenvalue weighted by atomic mass is 10.1. The molecule has 0 heterocycles. The van der Waals surface area contributed by atoms with Gasteiger partial charge in [-0.05, 0) is 61.9 Å². The van der Waals surface area contributed by atoms with Gasteiger partial charge in [-0.1, -0.05) is 18.2 Å². The molecule has 37 heavy (non-hydrogen) atoms. The Morgan fingerprint density at radius 1 is 0.946 bits per heavy atom. The van der Waals surface area contributed by atoms with Crippen LogP contribution in [0.3, 0.4) is 0 Å². The summed E-state index contributed by atoms with van der Waals surface area (Å²) >= 11 is 0. The Morgan fingerprint density at radius 2 is 1.54 bits per heavy atom. The molecule has 2 rings (SSSR count). The third-order valence-electron chi connectivity index (χ3n) is 4.82. The average molecular weight is 508 g/mol. The summed E-state index contributed by atoms with van der Waals surface area (Å²) in [6, 6.07) is 12.2. The van der Waals surface area contributed by atoms with E-state index in [4.69, 9.17) is 25.4 Å². The van der Waals surface area contributed by atoms with Crippen LogP contribution in [-0.2, 0) is 23.9 Å². The summed E-state index contributed by atoms with van der Waals surface area (Å²) in [5, 5.41) is 7.41. The largest absolute Gasteiger partial charge is 0.465 e. The van der Waals surface area contributed by atoms with Crippen molar-refractivity contribution in [2.75, 3.05) is 26.3 Å². The van der Waals surface area contributed by atoms with Crippen molar-refractivity contribution in [1.29, 1.82) is 5.41 Å². The van der Waals surface area contributed by atoms with Gasteiger partial charge in [0.15, 0.2) is 0 Å². The van der Waals surface area contributed by atoms with Crippen molar-refractivity contribution < 1.29 is 33.4 Å². The van der Waals surface area contributed by atoms with E-state index in [1.165, 1.54) is 48.6 Å². The van der Waals surface area contributed by atoms with E-state index in [2.05, 4.69) is 6.58 Å². The minimum Gasteiger partial charge on any atom is -0.465 e. The first kappa shape index (κ1) is 28.5. The van der Waals surface area contributed by atoms with Crippen LogP contribution in [0.1, 0.15) is 35.3 Å². The summed E-state index contributed by atoms with van der Waals surface area (Å²) in [6.07, 6.45) is 2.74. The molecule has 0 aliphatic carbocycles. The number of rotatable bonds is 12. The lowest BCUT2D eigenvalue weighted by molar-refractivity contribution is -0.149. The van der Waals surface area contributed by atoms with Gasteiger partial charge in [0, 0.05) is 12.1 Å². The molecule has 0 bridgehead atoms. The van der Waals surface area contributed by atoms with E-state index in [0.717, 1.165) is 4.90 Å². The number of carbonyl (C=O) groups excluding carboxylic acids is 4. The van der Waals surface area contributed by atoms with Crippen LogP contribution in [0.5, 0.6) is 5.75 Å². The Balaban J connectivity index is 2.26. The zero-order valence-corrected chi connectivity index (χ0v) is 20.7. The highest BCUT2D eigenvalue weighted by molar-refractivity contribution is 6.20. The quantitative estimate of drug-likeness (QED) is 0.0651. The Labute approximate surface area is 214 Å². The number of benzene rings is 2. The van der Waals surface area contributed by atoms with E-state index >= 15 is 0 Å². The zero-order chi connectivity index (χ0) is 27.4. The third kappa shape index (κ3) is 8.46. The molecule has 0 aromatic heterocycles. The molecule has 0 aliphatic heterocycles. The van der Waals surface area contributed by atoms with Gasteiger partial charge < -0.3 is 24.8 Å². The van der Waals surface area contributed by atoms with Gasteiger partial charge in [0.1, 0.15) is 23.7 Å². The second-order valence-electron chi connectivity index (χ2n) is 7.51. The number of amidine groups is 1. The number of nitrogens with two attached hydrogens (primary N) is 1. The van der Waals surface area contributed by atoms with Crippen molar-refractivity contribution in [3.05, 3.63) is 83.4 Å². The van der Waals surface area contributed by atoms with Gasteiger partial charge >= 0.3 is 17.9 Å². The van der Waals surface area contributed by atoms with Gasteiger partial charge in [-0.3, -0.25) is 15.0 Å². The first-order valence-corrected chi connectivity index (χ1v) is 11.4. The molecule has 2 aromatic carbocycles. The fourth-order valence-electron chi connectivity index (χ4n) is 3.08. The summed E-state index contributed by atoms with van der Waals surface area (Å²) in [6.45, 7) is 6.67. The Morgan fingerprint density at radius 3 is 2.08 bits per heavy atom. The second-order valence-corrected chi connectivity index (χ2v) is 7.51. The summed E-state index contributed by atoms with van der Waals surface area (Å²) in [5.74, 6) is -2.67. The smallest absolute Gasteiger partial charge is 0.343 e. The fourth-order valence-corrected chi connectivity index (χ4v) is 3.08. The van der Waals surface area contributed by atoms with Gasteiger partial charge in [-0.25, -0.2) is 9.59 Å². The minimum atomic E-state index is -0.858. The monoisotopic (exact) mass is 507 g/mol. The number of carbonyl (C=O) groups is 4. The highest BCUT2D eigenvalue weighted by atomic mass is 16.5. The summed E-state index contributed by atoms with van der Waals surface area (Å²) in [7, 11) is 0. The molecule has 0 saturated heterocycles. The van der Waals surface area contributed by atoms with Crippen LogP contribution in [0.25, 0.3) is 6.08 Å². The van der Waals surface area contributed by atoms with Crippen LogP contribution in [0.2, 0.25) is 0 Å². The van der Waals surface area contributed by atoms with E-state index in [9.17, 15) is 19.2 Å². The number of amides is 1. The molecule has 0 aliphatic rings. The molecule has 0 atom stereocenters. The van der Waals surface area contributed by atoms with Crippen molar-refractivity contribution in [2.45, 2.75) is 13.8 Å². The van der Waals surface area contributed by atoms with Gasteiger partial charge in [-0.15, -0.1) is 6.58 Å². The predicted octanol–water partition coefficient (Wildman–Crippen LogP) is 2.71. The number of nitrogens with one attached hydrogen (secondary N) is 1. The van der Waals surface area contributed by atoms with E-state index in [1.807, 2.05) is 0 Å². The predicted molar refractivity (Wildman–Crippen MR) is 137 cm³/mol. The molecule has 0 saturated carbocycles. The lowest BCUT2D eigenvalue weighted by Gasteiger charge is -2.21. The van der Waals surface area contributed by atoms with Gasteiger partial charge in [0.05, 0.1) is 18.8 Å². The van der Waals surface area contributed by atoms with Crippen molar-refractivity contribution in [1.82, 2.24) is 4.90 Å². The lowest BCUT2D eigenvalue weighted by Crippen LogP contribution is -2.39. The van der Waals surface area contributed by atoms with Crippen molar-refractivity contribution in [3.63, 3.8) is 0 Å². The van der Waals surface area contributed by atoms with Crippen LogP contribution in [-0.4, -0.2) is 60.9 Å². The maximum absolute atomic E-state index is 13.1. The first-order valence-electron chi connectivity index (χ1n) is 11.4. The Bertz CT molecular complexity index is 1190. The zero-order valence-electron chi connectivity index (χ0n) is 20.7. The average Bonchev–Trinajstić information content (AvgIpc) is 2.87. The molecule has 0 unspecified atom stereocenters. The van der Waals surface area contributed by atoms with E-state index in [1.54, 1.807) is 26.0 Å². The van der Waals surface area contributed by atoms with Crippen LogP contribution in [0.15, 0.2) is 66.8 Å². The highest BCUT2D eigenvalue weighted by Gasteiger charge is 2.26. The molecule has 194 valence electrons. The highest BCUT2D eigenvalue weighted by Crippen LogP contribution is 2.17. The molecule has 3 N–H and O–H groups in total. The normalized spacial score (nSPS) is 10.7. The Kier molecular flexibility index (Phi) is 10.8. The number of nitrogens with zero attached hydrogens (tertiary/aromatic N) is 1. The van der Waals surface area contributed by atoms with E-state index < -0.39 is 23.8 Å². The van der Waals surface area contributed by atoms with Crippen LogP contribution in [0.4, 0.5) is 0 Å². The van der Waals surface area contributed by atoms with E-state index in [0.29, 0.717) is 11.1 Å². The number of ether oxygens (including phenoxy) is 3. The van der Waals surface area contributed by atoms with Gasteiger partial charge in [0.2, 0.25) is 0 Å². The number of hydrogen-bond acceptors (Lipinski definition) is 8. The maximum Gasteiger partial charge on any atom is 0.343 e. The molecule has 10 nitrogen and oxygen atoms in total. The standard InChI is InChI=1S/C27H29N3O7/c1-4-15-30(17-23(31)35-5-2)25(32)22(27(34)36-6-3)16-18-7-9-20(10-8-18)26(33)37-21-13-11-19(12-14-21)24(28)29/h4,7-14,16H,1,5-6,15,17H2,2-3H3,(H3,28,29)/b22-16+. The molecule has 0 spiro atoms. The summed E-state index contributed by atoms with van der Waals surface area (Å²) < 4.78 is 15.3. The molecule has 0 radical (unpaired) electrons. The molecule has 2 aromatic rings. The van der Waals surface area contributed by atoms with Gasteiger partial charge in [-0.2, -0.15) is 0 Å². The molecule has 1 amide bonds. The third-order valence-corrected chi connectivity index (χ3v) is 4.82. The fraction of sp³-hybridized carbons (Fsp3) is 0.222. The summed E-state index contributed by atoms with van der Waals surface area (Å²) in [4.78, 5) is 51.3. The van der Waals surface area contributed by atoms with Crippen LogP contribution < -0.4 is 10.5 Å². The minimum absolute atomic E-state index is 0.00651.